The minimum absolute atomic E-state index is 0.128. The molecule has 16 heavy (non-hydrogen) atoms. The minimum atomic E-state index is -0.823. The fraction of sp³-hybridized carbons (Fsp3) is 0.667. The highest BCUT2D eigenvalue weighted by molar-refractivity contribution is 5.88. The van der Waals surface area contributed by atoms with Crippen molar-refractivity contribution in [2.24, 2.45) is 16.7 Å². The van der Waals surface area contributed by atoms with Crippen LogP contribution in [-0.4, -0.2) is 24.2 Å². The summed E-state index contributed by atoms with van der Waals surface area (Å²) in [5.41, 5.74) is -0.651. The van der Waals surface area contributed by atoms with Crippen LogP contribution in [0.25, 0.3) is 0 Å². The van der Waals surface area contributed by atoms with Gasteiger partial charge in [-0.05, 0) is 19.3 Å². The fourth-order valence-corrected chi connectivity index (χ4v) is 2.29. The van der Waals surface area contributed by atoms with E-state index in [1.807, 2.05) is 13.8 Å². The molecule has 4 heteroatoms. The number of hydrogen-bond acceptors (Lipinski definition) is 3. The number of rotatable bonds is 3. The molecule has 0 saturated heterocycles. The van der Waals surface area contributed by atoms with Crippen LogP contribution in [0, 0.1) is 16.7 Å². The molecule has 0 spiro atoms. The lowest BCUT2D eigenvalue weighted by Crippen LogP contribution is -2.17. The quantitative estimate of drug-likeness (QED) is 0.589. The zero-order valence-electron chi connectivity index (χ0n) is 10.3. The molecule has 0 aromatic heterocycles. The number of carboxylic acid groups (broad SMARTS) is 1. The van der Waals surface area contributed by atoms with Gasteiger partial charge >= 0.3 is 11.9 Å². The molecule has 1 N–H and O–H groups in total. The third-order valence-electron chi connectivity index (χ3n) is 4.02. The van der Waals surface area contributed by atoms with Gasteiger partial charge in [0.1, 0.15) is 0 Å². The minimum Gasteiger partial charge on any atom is -0.481 e. The smallest absolute Gasteiger partial charge is 0.333 e. The van der Waals surface area contributed by atoms with Crippen molar-refractivity contribution in [3.8, 4) is 0 Å². The molecular weight excluding hydrogens is 208 g/mol. The molecule has 0 aromatic rings. The second kappa shape index (κ2) is 3.61. The summed E-state index contributed by atoms with van der Waals surface area (Å²) < 4.78 is 4.58. The van der Waals surface area contributed by atoms with Crippen molar-refractivity contribution in [3.63, 3.8) is 0 Å². The van der Waals surface area contributed by atoms with Gasteiger partial charge in [0, 0.05) is 11.5 Å². The molecule has 0 aliphatic heterocycles. The van der Waals surface area contributed by atoms with Crippen LogP contribution in [0.4, 0.5) is 0 Å². The first-order chi connectivity index (χ1) is 7.19. The van der Waals surface area contributed by atoms with Crippen LogP contribution in [0.5, 0.6) is 0 Å². The van der Waals surface area contributed by atoms with Crippen LogP contribution in [0.1, 0.15) is 27.7 Å². The van der Waals surface area contributed by atoms with Gasteiger partial charge in [-0.15, -0.1) is 0 Å². The van der Waals surface area contributed by atoms with Gasteiger partial charge in [0.05, 0.1) is 12.5 Å². The lowest BCUT2D eigenvalue weighted by Gasteiger charge is -2.06. The summed E-state index contributed by atoms with van der Waals surface area (Å²) in [6.07, 6.45) is 1.71. The highest BCUT2D eigenvalue weighted by Gasteiger charge is 2.71. The molecule has 1 aliphatic rings. The molecule has 1 saturated carbocycles. The molecule has 2 unspecified atom stereocenters. The maximum absolute atomic E-state index is 11.2. The number of carbonyl (C=O) groups is 2. The van der Waals surface area contributed by atoms with Gasteiger partial charge in [0.15, 0.2) is 0 Å². The third kappa shape index (κ3) is 1.52. The molecule has 0 amide bonds. The Hall–Kier alpha value is -1.32. The summed E-state index contributed by atoms with van der Waals surface area (Å²) in [5.74, 6) is -1.36. The fourth-order valence-electron chi connectivity index (χ4n) is 2.29. The second-order valence-corrected chi connectivity index (χ2v) is 5.05. The van der Waals surface area contributed by atoms with E-state index in [9.17, 15) is 14.7 Å². The lowest BCUT2D eigenvalue weighted by atomic mass is 9.99. The van der Waals surface area contributed by atoms with Crippen molar-refractivity contribution in [2.45, 2.75) is 27.7 Å². The summed E-state index contributed by atoms with van der Waals surface area (Å²) >= 11 is 0. The number of esters is 1. The summed E-state index contributed by atoms with van der Waals surface area (Å²) in [6.45, 7) is 7.14. The highest BCUT2D eigenvalue weighted by Crippen LogP contribution is 2.69. The summed E-state index contributed by atoms with van der Waals surface area (Å²) in [5, 5.41) is 9.18. The average Bonchev–Trinajstić information content (AvgIpc) is 2.63. The van der Waals surface area contributed by atoms with Crippen molar-refractivity contribution >= 4 is 11.9 Å². The van der Waals surface area contributed by atoms with E-state index in [1.54, 1.807) is 19.9 Å². The van der Waals surface area contributed by atoms with E-state index in [-0.39, 0.29) is 11.3 Å². The van der Waals surface area contributed by atoms with Crippen molar-refractivity contribution < 1.29 is 19.4 Å². The number of carbonyl (C=O) groups excluding carboxylic acids is 1. The van der Waals surface area contributed by atoms with Crippen LogP contribution in [0.15, 0.2) is 11.6 Å². The number of allylic oxidation sites excluding steroid dienone is 1. The van der Waals surface area contributed by atoms with E-state index in [1.165, 1.54) is 7.11 Å². The summed E-state index contributed by atoms with van der Waals surface area (Å²) in [6, 6.07) is 0. The van der Waals surface area contributed by atoms with Crippen molar-refractivity contribution in [1.82, 2.24) is 0 Å². The second-order valence-electron chi connectivity index (χ2n) is 5.05. The first-order valence-corrected chi connectivity index (χ1v) is 5.19. The number of aliphatic carboxylic acids is 1. The van der Waals surface area contributed by atoms with E-state index >= 15 is 0 Å². The molecule has 4 nitrogen and oxygen atoms in total. The van der Waals surface area contributed by atoms with Gasteiger partial charge in [-0.2, -0.15) is 0 Å². The van der Waals surface area contributed by atoms with Crippen LogP contribution in [0.3, 0.4) is 0 Å². The lowest BCUT2D eigenvalue weighted by molar-refractivity contribution is -0.144. The maximum Gasteiger partial charge on any atom is 0.333 e. The van der Waals surface area contributed by atoms with Crippen molar-refractivity contribution in [2.75, 3.05) is 7.11 Å². The van der Waals surface area contributed by atoms with Crippen LogP contribution < -0.4 is 0 Å². The average molecular weight is 226 g/mol. The van der Waals surface area contributed by atoms with Gasteiger partial charge < -0.3 is 9.84 Å². The molecule has 90 valence electrons. The van der Waals surface area contributed by atoms with Crippen molar-refractivity contribution in [1.29, 1.82) is 0 Å². The Balaban J connectivity index is 2.95. The SMILES string of the molecule is COC(=O)C(C)=CC1C(C)(C)C1(C)C(=O)O. The van der Waals surface area contributed by atoms with Crippen LogP contribution in [-0.2, 0) is 14.3 Å². The van der Waals surface area contributed by atoms with Gasteiger partial charge in [0.2, 0.25) is 0 Å². The topological polar surface area (TPSA) is 63.6 Å². The largest absolute Gasteiger partial charge is 0.481 e. The van der Waals surface area contributed by atoms with E-state index in [2.05, 4.69) is 4.74 Å². The van der Waals surface area contributed by atoms with Crippen LogP contribution >= 0.6 is 0 Å². The van der Waals surface area contributed by atoms with Crippen molar-refractivity contribution in [3.05, 3.63) is 11.6 Å². The Morgan fingerprint density at radius 2 is 1.81 bits per heavy atom. The molecule has 0 bridgehead atoms. The van der Waals surface area contributed by atoms with E-state index in [0.29, 0.717) is 5.57 Å². The van der Waals surface area contributed by atoms with Gasteiger partial charge in [0.25, 0.3) is 0 Å². The number of hydrogen-bond donors (Lipinski definition) is 1. The Bertz CT molecular complexity index is 367. The Kier molecular flexibility index (Phi) is 2.88. The molecule has 0 aromatic carbocycles. The molecule has 1 fully saturated rings. The Morgan fingerprint density at radius 3 is 2.12 bits per heavy atom. The normalized spacial score (nSPS) is 32.1. The molecule has 2 atom stereocenters. The number of ether oxygens (including phenoxy) is 1. The third-order valence-corrected chi connectivity index (χ3v) is 4.02. The number of methoxy groups -OCH3 is 1. The summed E-state index contributed by atoms with van der Waals surface area (Å²) in [4.78, 5) is 22.4. The van der Waals surface area contributed by atoms with Crippen LogP contribution in [0.2, 0.25) is 0 Å². The maximum atomic E-state index is 11.2. The van der Waals surface area contributed by atoms with Gasteiger partial charge in [-0.25, -0.2) is 4.79 Å². The van der Waals surface area contributed by atoms with Gasteiger partial charge in [-0.1, -0.05) is 19.9 Å². The van der Waals surface area contributed by atoms with E-state index in [4.69, 9.17) is 0 Å². The standard InChI is InChI=1S/C12H18O4/c1-7(9(13)16-5)6-8-11(2,3)12(8,4)10(14)15/h6,8H,1-5H3,(H,14,15). The predicted molar refractivity (Wildman–Crippen MR) is 58.8 cm³/mol. The summed E-state index contributed by atoms with van der Waals surface area (Å²) in [7, 11) is 1.31. The van der Waals surface area contributed by atoms with Gasteiger partial charge in [-0.3, -0.25) is 4.79 Å². The molecular formula is C12H18O4. The predicted octanol–water partition coefficient (Wildman–Crippen LogP) is 1.85. The number of carboxylic acids is 1. The zero-order valence-corrected chi connectivity index (χ0v) is 10.3. The molecule has 0 radical (unpaired) electrons. The first kappa shape index (κ1) is 12.7. The zero-order chi connectivity index (χ0) is 12.7. The van der Waals surface area contributed by atoms with E-state index in [0.717, 1.165) is 0 Å². The Morgan fingerprint density at radius 1 is 1.31 bits per heavy atom. The monoisotopic (exact) mass is 226 g/mol. The molecule has 0 heterocycles. The first-order valence-electron chi connectivity index (χ1n) is 5.19. The molecule has 1 aliphatic carbocycles. The molecule has 1 rings (SSSR count). The Labute approximate surface area is 95.3 Å². The highest BCUT2D eigenvalue weighted by atomic mass is 16.5. The van der Waals surface area contributed by atoms with E-state index < -0.39 is 17.4 Å².